The highest BCUT2D eigenvalue weighted by Gasteiger charge is 2.19. The Morgan fingerprint density at radius 2 is 1.81 bits per heavy atom. The van der Waals surface area contributed by atoms with Gasteiger partial charge in [-0.2, -0.15) is 5.26 Å². The van der Waals surface area contributed by atoms with Crippen molar-refractivity contribution in [2.45, 2.75) is 26.0 Å². The minimum absolute atomic E-state index is 0.275. The van der Waals surface area contributed by atoms with E-state index in [9.17, 15) is 4.79 Å². The van der Waals surface area contributed by atoms with Crippen molar-refractivity contribution in [3.05, 3.63) is 89.6 Å². The number of benzene rings is 2. The summed E-state index contributed by atoms with van der Waals surface area (Å²) in [4.78, 5) is 16.0. The van der Waals surface area contributed by atoms with Gasteiger partial charge in [-0.1, -0.05) is 36.4 Å². The lowest BCUT2D eigenvalue weighted by Crippen LogP contribution is -2.18. The third-order valence-electron chi connectivity index (χ3n) is 4.28. The average molecular weight is 417 g/mol. The van der Waals surface area contributed by atoms with Gasteiger partial charge in [0, 0.05) is 11.8 Å². The molecule has 1 atom stereocenters. The standard InChI is InChI=1S/C24H23N3O4/c1-17(2)31-24(28)30-16-29-21-8-4-3-7-20(21)23(27-22-9-5-6-14-26-22)19-12-10-18(15-25)11-13-19/h3-14,17,23H,16H2,1-2H3,(H,26,27). The van der Waals surface area contributed by atoms with Crippen LogP contribution in [0.15, 0.2) is 72.9 Å². The van der Waals surface area contributed by atoms with E-state index in [-0.39, 0.29) is 18.9 Å². The van der Waals surface area contributed by atoms with Crippen molar-refractivity contribution >= 4 is 12.0 Å². The highest BCUT2D eigenvalue weighted by molar-refractivity contribution is 5.60. The van der Waals surface area contributed by atoms with Gasteiger partial charge in [0.2, 0.25) is 6.79 Å². The summed E-state index contributed by atoms with van der Waals surface area (Å²) >= 11 is 0. The largest absolute Gasteiger partial charge is 0.511 e. The predicted molar refractivity (Wildman–Crippen MR) is 115 cm³/mol. The Morgan fingerprint density at radius 3 is 2.48 bits per heavy atom. The first-order valence-electron chi connectivity index (χ1n) is 9.79. The molecule has 31 heavy (non-hydrogen) atoms. The number of nitrogens with one attached hydrogen (secondary N) is 1. The molecule has 0 aliphatic rings. The van der Waals surface area contributed by atoms with Crippen LogP contribution >= 0.6 is 0 Å². The normalized spacial score (nSPS) is 11.3. The van der Waals surface area contributed by atoms with Crippen LogP contribution in [0.1, 0.15) is 36.6 Å². The van der Waals surface area contributed by atoms with E-state index in [0.29, 0.717) is 17.1 Å². The lowest BCUT2D eigenvalue weighted by molar-refractivity contribution is -0.00845. The van der Waals surface area contributed by atoms with Crippen molar-refractivity contribution in [1.82, 2.24) is 4.98 Å². The molecule has 0 saturated heterocycles. The Labute approximate surface area is 181 Å². The number of nitrogens with zero attached hydrogens (tertiary/aromatic N) is 2. The van der Waals surface area contributed by atoms with E-state index in [0.717, 1.165) is 11.1 Å². The molecule has 2 aromatic carbocycles. The number of hydrogen-bond acceptors (Lipinski definition) is 7. The van der Waals surface area contributed by atoms with Gasteiger partial charge in [-0.3, -0.25) is 0 Å². The maximum Gasteiger partial charge on any atom is 0.511 e. The van der Waals surface area contributed by atoms with Gasteiger partial charge in [0.1, 0.15) is 11.6 Å². The quantitative estimate of drug-likeness (QED) is 0.405. The topological polar surface area (TPSA) is 93.5 Å². The molecule has 0 amide bonds. The molecule has 1 heterocycles. The predicted octanol–water partition coefficient (Wildman–Crippen LogP) is 5.05. The molecule has 3 rings (SSSR count). The Bertz CT molecular complexity index is 1030. The van der Waals surface area contributed by atoms with Crippen molar-refractivity contribution in [1.29, 1.82) is 5.26 Å². The second kappa shape index (κ2) is 10.6. The van der Waals surface area contributed by atoms with Crippen LogP contribution in [-0.4, -0.2) is 24.0 Å². The lowest BCUT2D eigenvalue weighted by Gasteiger charge is -2.23. The van der Waals surface area contributed by atoms with Gasteiger partial charge < -0.3 is 19.5 Å². The second-order valence-corrected chi connectivity index (χ2v) is 6.89. The summed E-state index contributed by atoms with van der Waals surface area (Å²) in [5.74, 6) is 1.22. The Hall–Kier alpha value is -4.05. The van der Waals surface area contributed by atoms with Crippen LogP contribution in [0.5, 0.6) is 5.75 Å². The molecule has 1 unspecified atom stereocenters. The molecule has 1 N–H and O–H groups in total. The molecule has 0 fully saturated rings. The fourth-order valence-electron chi connectivity index (χ4n) is 2.90. The van der Waals surface area contributed by atoms with Crippen LogP contribution in [0.3, 0.4) is 0 Å². The zero-order chi connectivity index (χ0) is 22.1. The summed E-state index contributed by atoms with van der Waals surface area (Å²) in [6, 6.07) is 22.1. The van der Waals surface area contributed by atoms with E-state index >= 15 is 0 Å². The van der Waals surface area contributed by atoms with Gasteiger partial charge in [-0.05, 0) is 49.7 Å². The van der Waals surface area contributed by atoms with E-state index < -0.39 is 6.16 Å². The van der Waals surface area contributed by atoms with Crippen molar-refractivity contribution in [3.63, 3.8) is 0 Å². The minimum atomic E-state index is -0.789. The molecule has 0 spiro atoms. The number of carbonyl (C=O) groups is 1. The molecule has 0 bridgehead atoms. The molecule has 0 aliphatic carbocycles. The van der Waals surface area contributed by atoms with Crippen LogP contribution in [0.2, 0.25) is 0 Å². The number of nitriles is 1. The summed E-state index contributed by atoms with van der Waals surface area (Å²) in [5, 5.41) is 12.5. The number of rotatable bonds is 8. The third-order valence-corrected chi connectivity index (χ3v) is 4.28. The van der Waals surface area contributed by atoms with Gasteiger partial charge in [0.05, 0.1) is 23.8 Å². The van der Waals surface area contributed by atoms with Gasteiger partial charge in [0.25, 0.3) is 0 Å². The Morgan fingerprint density at radius 1 is 1.06 bits per heavy atom. The van der Waals surface area contributed by atoms with Crippen molar-refractivity contribution < 1.29 is 19.0 Å². The molecule has 1 aromatic heterocycles. The number of para-hydroxylation sites is 1. The summed E-state index contributed by atoms with van der Waals surface area (Å²) < 4.78 is 15.7. The van der Waals surface area contributed by atoms with Crippen LogP contribution in [0.25, 0.3) is 0 Å². The molecule has 3 aromatic rings. The zero-order valence-corrected chi connectivity index (χ0v) is 17.3. The second-order valence-electron chi connectivity index (χ2n) is 6.89. The van der Waals surface area contributed by atoms with Crippen molar-refractivity contribution in [3.8, 4) is 11.8 Å². The smallest absolute Gasteiger partial charge is 0.457 e. The Balaban J connectivity index is 1.86. The van der Waals surface area contributed by atoms with E-state index in [2.05, 4.69) is 16.4 Å². The van der Waals surface area contributed by atoms with E-state index in [1.54, 1.807) is 38.2 Å². The molecule has 7 nitrogen and oxygen atoms in total. The fraction of sp³-hybridized carbons (Fsp3) is 0.208. The van der Waals surface area contributed by atoms with E-state index in [4.69, 9.17) is 19.5 Å². The van der Waals surface area contributed by atoms with Crippen LogP contribution in [0.4, 0.5) is 10.6 Å². The number of hydrogen-bond donors (Lipinski definition) is 1. The van der Waals surface area contributed by atoms with Gasteiger partial charge in [-0.25, -0.2) is 9.78 Å². The molecule has 158 valence electrons. The number of anilines is 1. The molecule has 7 heteroatoms. The first kappa shape index (κ1) is 21.7. The fourth-order valence-corrected chi connectivity index (χ4v) is 2.90. The van der Waals surface area contributed by atoms with E-state index in [1.807, 2.05) is 48.5 Å². The maximum atomic E-state index is 11.6. The SMILES string of the molecule is CC(C)OC(=O)OCOc1ccccc1C(Nc1ccccn1)c1ccc(C#N)cc1. The number of aromatic nitrogens is 1. The summed E-state index contributed by atoms with van der Waals surface area (Å²) in [7, 11) is 0. The number of pyridine rings is 1. The minimum Gasteiger partial charge on any atom is -0.457 e. The first-order chi connectivity index (χ1) is 15.1. The van der Waals surface area contributed by atoms with Gasteiger partial charge in [0.15, 0.2) is 0 Å². The van der Waals surface area contributed by atoms with Crippen LogP contribution < -0.4 is 10.1 Å². The van der Waals surface area contributed by atoms with E-state index in [1.165, 1.54) is 0 Å². The number of carbonyl (C=O) groups excluding carboxylic acids is 1. The summed E-state index contributed by atoms with van der Waals surface area (Å²) in [6.07, 6.45) is 0.639. The van der Waals surface area contributed by atoms with Gasteiger partial charge >= 0.3 is 6.16 Å². The highest BCUT2D eigenvalue weighted by atomic mass is 16.8. The Kier molecular flexibility index (Phi) is 7.44. The van der Waals surface area contributed by atoms with Crippen molar-refractivity contribution in [2.24, 2.45) is 0 Å². The van der Waals surface area contributed by atoms with Crippen molar-refractivity contribution in [2.75, 3.05) is 12.1 Å². The monoisotopic (exact) mass is 417 g/mol. The highest BCUT2D eigenvalue weighted by Crippen LogP contribution is 2.32. The van der Waals surface area contributed by atoms with Crippen LogP contribution in [0, 0.1) is 11.3 Å². The molecular weight excluding hydrogens is 394 g/mol. The zero-order valence-electron chi connectivity index (χ0n) is 17.3. The van der Waals surface area contributed by atoms with Crippen LogP contribution in [-0.2, 0) is 9.47 Å². The first-order valence-corrected chi connectivity index (χ1v) is 9.79. The molecule has 0 saturated carbocycles. The maximum absolute atomic E-state index is 11.6. The molecular formula is C24H23N3O4. The molecule has 0 aliphatic heterocycles. The lowest BCUT2D eigenvalue weighted by atomic mass is 9.97. The summed E-state index contributed by atoms with van der Waals surface area (Å²) in [5.41, 5.74) is 2.31. The number of ether oxygens (including phenoxy) is 3. The van der Waals surface area contributed by atoms with Gasteiger partial charge in [-0.15, -0.1) is 0 Å². The summed E-state index contributed by atoms with van der Waals surface area (Å²) in [6.45, 7) is 3.19. The molecule has 0 radical (unpaired) electrons. The average Bonchev–Trinajstić information content (AvgIpc) is 2.78. The third kappa shape index (κ3) is 6.21.